The molecule has 40 heavy (non-hydrogen) atoms. The molecule has 4 aromatic carbocycles. The van der Waals surface area contributed by atoms with E-state index >= 15 is 0 Å². The van der Waals surface area contributed by atoms with Gasteiger partial charge in [0, 0.05) is 35.0 Å². The van der Waals surface area contributed by atoms with Crippen LogP contribution in [0.15, 0.2) is 109 Å². The molecule has 0 radical (unpaired) electrons. The number of nitrogens with one attached hydrogen (secondary N) is 1. The lowest BCUT2D eigenvalue weighted by Crippen LogP contribution is -2.24. The number of benzene rings is 4. The molecule has 2 unspecified atom stereocenters. The summed E-state index contributed by atoms with van der Waals surface area (Å²) in [6.45, 7) is 2.19. The molecule has 5 nitrogen and oxygen atoms in total. The van der Waals surface area contributed by atoms with Gasteiger partial charge in [0.25, 0.3) is 0 Å². The lowest BCUT2D eigenvalue weighted by molar-refractivity contribution is 0.0684. The highest BCUT2D eigenvalue weighted by Crippen LogP contribution is 2.41. The fourth-order valence-electron chi connectivity index (χ4n) is 6.04. The van der Waals surface area contributed by atoms with Crippen LogP contribution in [0.4, 0.5) is 0 Å². The van der Waals surface area contributed by atoms with E-state index in [4.69, 9.17) is 4.74 Å². The van der Waals surface area contributed by atoms with Gasteiger partial charge in [0.05, 0.1) is 0 Å². The molecule has 1 aromatic heterocycles. The maximum absolute atomic E-state index is 13.0. The van der Waals surface area contributed by atoms with E-state index in [0.29, 0.717) is 24.9 Å². The Morgan fingerprint density at radius 1 is 0.875 bits per heavy atom. The minimum atomic E-state index is -0.894. The Morgan fingerprint density at radius 2 is 1.55 bits per heavy atom. The summed E-state index contributed by atoms with van der Waals surface area (Å²) in [4.78, 5) is 13.0. The molecule has 1 aliphatic heterocycles. The molecule has 5 aromatic rings. The molecule has 202 valence electrons. The summed E-state index contributed by atoms with van der Waals surface area (Å²) in [6.07, 6.45) is 3.22. The number of para-hydroxylation sites is 1. The van der Waals surface area contributed by atoms with Crippen molar-refractivity contribution in [3.63, 3.8) is 0 Å². The van der Waals surface area contributed by atoms with Crippen molar-refractivity contribution >= 4 is 16.9 Å². The lowest BCUT2D eigenvalue weighted by Gasteiger charge is -2.20. The fourth-order valence-corrected chi connectivity index (χ4v) is 6.04. The van der Waals surface area contributed by atoms with Crippen molar-refractivity contribution in [3.8, 4) is 5.75 Å². The quantitative estimate of drug-likeness (QED) is 0.200. The van der Waals surface area contributed by atoms with Gasteiger partial charge in [-0.2, -0.15) is 0 Å². The summed E-state index contributed by atoms with van der Waals surface area (Å²) >= 11 is 0. The molecular formula is C35H34N2O3. The summed E-state index contributed by atoms with van der Waals surface area (Å²) in [5, 5.41) is 15.2. The van der Waals surface area contributed by atoms with Crippen molar-refractivity contribution in [1.29, 1.82) is 0 Å². The summed E-state index contributed by atoms with van der Waals surface area (Å²) < 4.78 is 8.08. The van der Waals surface area contributed by atoms with Crippen molar-refractivity contribution in [2.75, 3.05) is 6.54 Å². The van der Waals surface area contributed by atoms with E-state index in [1.807, 2.05) is 77.4 Å². The van der Waals surface area contributed by atoms with Crippen LogP contribution in [0, 0.1) is 0 Å². The Labute approximate surface area is 235 Å². The summed E-state index contributed by atoms with van der Waals surface area (Å²) in [5.74, 6) is -0.357. The molecule has 2 N–H and O–H groups in total. The molecule has 2 heterocycles. The zero-order valence-corrected chi connectivity index (χ0v) is 22.5. The molecule has 5 heteroatoms. The van der Waals surface area contributed by atoms with E-state index in [0.717, 1.165) is 58.3 Å². The Bertz CT molecular complexity index is 1570. The molecule has 1 aliphatic rings. The number of carbonyl (C=O) groups is 1. The molecule has 1 fully saturated rings. The number of carboxylic acid groups (broad SMARTS) is 1. The highest BCUT2D eigenvalue weighted by molar-refractivity contribution is 5.99. The van der Waals surface area contributed by atoms with Gasteiger partial charge in [-0.15, -0.1) is 0 Å². The Hall–Kier alpha value is -4.35. The zero-order valence-electron chi connectivity index (χ0n) is 22.5. The van der Waals surface area contributed by atoms with E-state index in [2.05, 4.69) is 41.7 Å². The van der Waals surface area contributed by atoms with Crippen LogP contribution < -0.4 is 10.1 Å². The van der Waals surface area contributed by atoms with Crippen LogP contribution in [0.3, 0.4) is 0 Å². The van der Waals surface area contributed by atoms with Crippen LogP contribution in [-0.2, 0) is 13.2 Å². The van der Waals surface area contributed by atoms with Crippen molar-refractivity contribution in [3.05, 3.63) is 137 Å². The summed E-state index contributed by atoms with van der Waals surface area (Å²) in [5.41, 5.74) is 5.38. The van der Waals surface area contributed by atoms with Gasteiger partial charge in [0.1, 0.15) is 18.1 Å². The van der Waals surface area contributed by atoms with Gasteiger partial charge in [-0.05, 0) is 60.7 Å². The van der Waals surface area contributed by atoms with Crippen molar-refractivity contribution in [2.24, 2.45) is 0 Å². The van der Waals surface area contributed by atoms with Gasteiger partial charge in [-0.25, -0.2) is 4.79 Å². The number of ether oxygens (including phenoxy) is 1. The normalized spacial score (nSPS) is 15.8. The average Bonchev–Trinajstić information content (AvgIpc) is 3.63. The number of hydrogen-bond acceptors (Lipinski definition) is 3. The van der Waals surface area contributed by atoms with Crippen LogP contribution in [0.5, 0.6) is 5.75 Å². The van der Waals surface area contributed by atoms with Crippen LogP contribution in [0.2, 0.25) is 0 Å². The predicted octanol–water partition coefficient (Wildman–Crippen LogP) is 7.24. The molecule has 2 atom stereocenters. The number of fused-ring (bicyclic) bond motifs is 1. The smallest absolute Gasteiger partial charge is 0.352 e. The standard InChI is InChI=1S/C35H34N2O3/c38-35(39)34-33(30-15-7-8-16-31(30)37(34)23-21-28-14-9-22-36-28)32(26-12-5-2-6-13-26)27-17-19-29(20-18-27)40-24-25-10-3-1-4-11-25/h1-8,10-13,15-20,28,32,36H,9,14,21-24H2,(H,38,39). The van der Waals surface area contributed by atoms with Crippen LogP contribution in [0.1, 0.15) is 57.9 Å². The maximum atomic E-state index is 13.0. The van der Waals surface area contributed by atoms with Crippen LogP contribution in [-0.4, -0.2) is 28.2 Å². The third-order valence-electron chi connectivity index (χ3n) is 7.96. The van der Waals surface area contributed by atoms with E-state index in [-0.39, 0.29) is 5.92 Å². The molecule has 0 saturated carbocycles. The topological polar surface area (TPSA) is 63.5 Å². The number of aromatic carboxylic acids is 1. The van der Waals surface area contributed by atoms with E-state index in [9.17, 15) is 9.90 Å². The minimum absolute atomic E-state index is 0.244. The first-order valence-corrected chi connectivity index (χ1v) is 14.1. The number of hydrogen-bond donors (Lipinski definition) is 2. The second-order valence-corrected chi connectivity index (χ2v) is 10.5. The summed E-state index contributed by atoms with van der Waals surface area (Å²) in [7, 11) is 0. The van der Waals surface area contributed by atoms with Gasteiger partial charge in [-0.1, -0.05) is 91.0 Å². The van der Waals surface area contributed by atoms with Crippen molar-refractivity contribution < 1.29 is 14.6 Å². The number of aromatic nitrogens is 1. The van der Waals surface area contributed by atoms with Gasteiger partial charge in [0.2, 0.25) is 0 Å². The number of aryl methyl sites for hydroxylation is 1. The van der Waals surface area contributed by atoms with Gasteiger partial charge < -0.3 is 19.7 Å². The SMILES string of the molecule is O=C(O)c1c(C(c2ccccc2)c2ccc(OCc3ccccc3)cc2)c2ccccc2n1CCC1CCCN1. The fraction of sp³-hybridized carbons (Fsp3) is 0.229. The molecule has 0 amide bonds. The lowest BCUT2D eigenvalue weighted by atomic mass is 9.83. The second-order valence-electron chi connectivity index (χ2n) is 10.5. The van der Waals surface area contributed by atoms with Crippen molar-refractivity contribution in [2.45, 2.75) is 44.4 Å². The first-order valence-electron chi connectivity index (χ1n) is 14.1. The molecule has 0 bridgehead atoms. The molecular weight excluding hydrogens is 496 g/mol. The number of nitrogens with zero attached hydrogens (tertiary/aromatic N) is 1. The average molecular weight is 531 g/mol. The highest BCUT2D eigenvalue weighted by Gasteiger charge is 2.30. The summed E-state index contributed by atoms with van der Waals surface area (Å²) in [6, 6.07) is 37.0. The van der Waals surface area contributed by atoms with E-state index in [1.54, 1.807) is 0 Å². The first kappa shape index (κ1) is 25.9. The predicted molar refractivity (Wildman–Crippen MR) is 159 cm³/mol. The third kappa shape index (κ3) is 5.38. The zero-order chi connectivity index (χ0) is 27.3. The van der Waals surface area contributed by atoms with E-state index in [1.165, 1.54) is 6.42 Å². The first-order chi connectivity index (χ1) is 19.7. The Morgan fingerprint density at radius 3 is 2.25 bits per heavy atom. The minimum Gasteiger partial charge on any atom is -0.489 e. The largest absolute Gasteiger partial charge is 0.489 e. The molecule has 0 aliphatic carbocycles. The number of rotatable bonds is 10. The molecule has 6 rings (SSSR count). The Balaban J connectivity index is 1.42. The second kappa shape index (κ2) is 11.8. The molecule has 0 spiro atoms. The van der Waals surface area contributed by atoms with Crippen LogP contribution >= 0.6 is 0 Å². The Kier molecular flexibility index (Phi) is 7.64. The number of carboxylic acids is 1. The monoisotopic (exact) mass is 530 g/mol. The van der Waals surface area contributed by atoms with E-state index < -0.39 is 5.97 Å². The van der Waals surface area contributed by atoms with Gasteiger partial charge in [-0.3, -0.25) is 0 Å². The van der Waals surface area contributed by atoms with Crippen molar-refractivity contribution in [1.82, 2.24) is 9.88 Å². The van der Waals surface area contributed by atoms with Gasteiger partial charge in [0.15, 0.2) is 0 Å². The molecule has 1 saturated heterocycles. The van der Waals surface area contributed by atoms with Crippen LogP contribution in [0.25, 0.3) is 10.9 Å². The maximum Gasteiger partial charge on any atom is 0.352 e. The third-order valence-corrected chi connectivity index (χ3v) is 7.96. The van der Waals surface area contributed by atoms with Gasteiger partial charge >= 0.3 is 5.97 Å². The highest BCUT2D eigenvalue weighted by atomic mass is 16.5.